The molecule has 0 aromatic heterocycles. The number of hydrogen-bond donors (Lipinski definition) is 0. The van der Waals surface area contributed by atoms with Crippen LogP contribution in [0.5, 0.6) is 0 Å². The monoisotopic (exact) mass is 952 g/mol. The normalized spacial score (nSPS) is 14.4. The van der Waals surface area contributed by atoms with E-state index in [4.69, 9.17) is 0 Å². The SMILES string of the molecule is c1ccc(-c2ccc(N3c4ccccc4N(c4ccc(-c5ccccc5)cc4)c4cc(-c5ccc6c(c5)C5(c7ccccc7-c7cccc(-c8ccccc8)c75)c5cccc(-c7ccccc7)c5-6)ccc43)cc2)cc1. The Morgan fingerprint density at radius 2 is 0.627 bits per heavy atom. The van der Waals surface area contributed by atoms with Gasteiger partial charge in [0.25, 0.3) is 0 Å². The molecule has 1 atom stereocenters. The zero-order valence-electron chi connectivity index (χ0n) is 41.1. The van der Waals surface area contributed by atoms with Crippen molar-refractivity contribution >= 4 is 34.1 Å². The van der Waals surface area contributed by atoms with Crippen LogP contribution in [-0.4, -0.2) is 0 Å². The average molecular weight is 953 g/mol. The van der Waals surface area contributed by atoms with Gasteiger partial charge in [-0.05, 0) is 155 Å². The predicted octanol–water partition coefficient (Wildman–Crippen LogP) is 19.6. The van der Waals surface area contributed by atoms with Crippen molar-refractivity contribution in [2.45, 2.75) is 5.41 Å². The molecule has 0 N–H and O–H groups in total. The molecule has 12 aromatic carbocycles. The minimum absolute atomic E-state index is 0.591. The standard InChI is InChI=1S/C73H48N2/c1-5-19-49(20-6-1)51-35-41-57(42-36-51)74-67-33-15-16-34-68(67)75(58-43-37-52(38-44-58)50-21-7-2-8-22-50)70-48-56(40-46-69(70)74)55-39-45-63-66(47-55)73(65-32-18-28-59(71(63)65)53-23-9-3-10-24-53)64-31-14-13-27-61(64)62-30-17-29-60(72(62)73)54-25-11-4-12-26-54/h1-48H. The summed E-state index contributed by atoms with van der Waals surface area (Å²) in [6.07, 6.45) is 0. The number of para-hydroxylation sites is 2. The summed E-state index contributed by atoms with van der Waals surface area (Å²) in [6.45, 7) is 0. The van der Waals surface area contributed by atoms with Crippen molar-refractivity contribution in [1.29, 1.82) is 0 Å². The van der Waals surface area contributed by atoms with Crippen molar-refractivity contribution in [2.24, 2.45) is 0 Å². The number of nitrogens with zero attached hydrogens (tertiary/aromatic N) is 2. The Labute approximate surface area is 438 Å². The van der Waals surface area contributed by atoms with E-state index in [0.717, 1.165) is 39.7 Å². The minimum Gasteiger partial charge on any atom is -0.306 e. The van der Waals surface area contributed by atoms with Crippen molar-refractivity contribution in [3.63, 3.8) is 0 Å². The van der Waals surface area contributed by atoms with E-state index >= 15 is 0 Å². The average Bonchev–Trinajstić information content (AvgIpc) is 4.21. The predicted molar refractivity (Wildman–Crippen MR) is 313 cm³/mol. The molecule has 0 amide bonds. The van der Waals surface area contributed by atoms with Crippen LogP contribution in [0.25, 0.3) is 77.9 Å². The summed E-state index contributed by atoms with van der Waals surface area (Å²) in [5, 5.41) is 0. The van der Waals surface area contributed by atoms with Crippen LogP contribution in [-0.2, 0) is 5.41 Å². The van der Waals surface area contributed by atoms with Gasteiger partial charge in [-0.3, -0.25) is 0 Å². The maximum absolute atomic E-state index is 2.54. The molecular formula is C73H48N2. The first-order valence-electron chi connectivity index (χ1n) is 26.0. The van der Waals surface area contributed by atoms with Gasteiger partial charge in [-0.25, -0.2) is 0 Å². The Bertz CT molecular complexity index is 4150. The number of rotatable bonds is 7. The number of fused-ring (bicyclic) bond motifs is 12. The van der Waals surface area contributed by atoms with Gasteiger partial charge >= 0.3 is 0 Å². The third-order valence-corrected chi connectivity index (χ3v) is 16.0. The Morgan fingerprint density at radius 3 is 1.25 bits per heavy atom. The smallest absolute Gasteiger partial charge is 0.0731 e. The van der Waals surface area contributed by atoms with Gasteiger partial charge in [0.15, 0.2) is 0 Å². The molecule has 2 heteroatoms. The van der Waals surface area contributed by atoms with Gasteiger partial charge in [-0.15, -0.1) is 0 Å². The second kappa shape index (κ2) is 17.2. The summed E-state index contributed by atoms with van der Waals surface area (Å²) in [5.74, 6) is 0. The topological polar surface area (TPSA) is 6.48 Å². The summed E-state index contributed by atoms with van der Waals surface area (Å²) in [7, 11) is 0. The zero-order valence-corrected chi connectivity index (χ0v) is 41.1. The van der Waals surface area contributed by atoms with Crippen LogP contribution in [0, 0.1) is 0 Å². The molecule has 0 fully saturated rings. The Kier molecular flexibility index (Phi) is 9.83. The molecule has 3 aliphatic rings. The molecule has 2 nitrogen and oxygen atoms in total. The lowest BCUT2D eigenvalue weighted by Gasteiger charge is -2.40. The molecule has 1 heterocycles. The molecule has 0 radical (unpaired) electrons. The molecule has 15 rings (SSSR count). The Hall–Kier alpha value is -9.76. The molecule has 0 saturated carbocycles. The lowest BCUT2D eigenvalue weighted by atomic mass is 9.68. The van der Waals surface area contributed by atoms with E-state index in [0.29, 0.717) is 0 Å². The lowest BCUT2D eigenvalue weighted by Crippen LogP contribution is -2.26. The summed E-state index contributed by atoms with van der Waals surface area (Å²) in [4.78, 5) is 4.90. The van der Waals surface area contributed by atoms with Gasteiger partial charge in [-0.2, -0.15) is 0 Å². The molecule has 1 unspecified atom stereocenters. The fourth-order valence-corrected chi connectivity index (χ4v) is 12.8. The maximum Gasteiger partial charge on any atom is 0.0731 e. The van der Waals surface area contributed by atoms with Crippen LogP contribution >= 0.6 is 0 Å². The van der Waals surface area contributed by atoms with Gasteiger partial charge in [0, 0.05) is 11.4 Å². The highest BCUT2D eigenvalue weighted by Gasteiger charge is 2.53. The molecule has 75 heavy (non-hydrogen) atoms. The van der Waals surface area contributed by atoms with Crippen LogP contribution in [0.1, 0.15) is 22.3 Å². The van der Waals surface area contributed by atoms with E-state index in [1.54, 1.807) is 0 Å². The molecule has 1 aliphatic heterocycles. The third-order valence-electron chi connectivity index (χ3n) is 16.0. The highest BCUT2D eigenvalue weighted by atomic mass is 15.3. The first-order valence-corrected chi connectivity index (χ1v) is 26.0. The van der Waals surface area contributed by atoms with Crippen LogP contribution in [0.3, 0.4) is 0 Å². The van der Waals surface area contributed by atoms with Gasteiger partial charge in [0.2, 0.25) is 0 Å². The van der Waals surface area contributed by atoms with Crippen molar-refractivity contribution < 1.29 is 0 Å². The highest BCUT2D eigenvalue weighted by Crippen LogP contribution is 2.66. The van der Waals surface area contributed by atoms with Crippen LogP contribution in [0.15, 0.2) is 291 Å². The van der Waals surface area contributed by atoms with Crippen molar-refractivity contribution in [1.82, 2.24) is 0 Å². The quantitative estimate of drug-likeness (QED) is 0.157. The van der Waals surface area contributed by atoms with Gasteiger partial charge in [-0.1, -0.05) is 237 Å². The molecular weight excluding hydrogens is 905 g/mol. The van der Waals surface area contributed by atoms with Crippen molar-refractivity contribution in [3.8, 4) is 77.9 Å². The Morgan fingerprint density at radius 1 is 0.213 bits per heavy atom. The van der Waals surface area contributed by atoms with Gasteiger partial charge < -0.3 is 9.80 Å². The molecule has 350 valence electrons. The number of benzene rings is 12. The second-order valence-corrected chi connectivity index (χ2v) is 19.9. The Balaban J connectivity index is 0.961. The van der Waals surface area contributed by atoms with Crippen LogP contribution in [0.2, 0.25) is 0 Å². The first-order chi connectivity index (χ1) is 37.2. The van der Waals surface area contributed by atoms with Crippen LogP contribution in [0.4, 0.5) is 34.1 Å². The van der Waals surface area contributed by atoms with Crippen molar-refractivity contribution in [3.05, 3.63) is 313 Å². The minimum atomic E-state index is -0.591. The van der Waals surface area contributed by atoms with E-state index in [9.17, 15) is 0 Å². The highest BCUT2D eigenvalue weighted by molar-refractivity contribution is 6.05. The molecule has 0 saturated heterocycles. The van der Waals surface area contributed by atoms with Gasteiger partial charge in [0.1, 0.15) is 0 Å². The first kappa shape index (κ1) is 42.9. The zero-order chi connectivity index (χ0) is 49.5. The van der Waals surface area contributed by atoms with Gasteiger partial charge in [0.05, 0.1) is 28.2 Å². The number of anilines is 6. The maximum atomic E-state index is 2.54. The van der Waals surface area contributed by atoms with E-state index in [-0.39, 0.29) is 0 Å². The third kappa shape index (κ3) is 6.60. The molecule has 12 aromatic rings. The largest absolute Gasteiger partial charge is 0.306 e. The van der Waals surface area contributed by atoms with E-state index in [2.05, 4.69) is 301 Å². The lowest BCUT2D eigenvalue weighted by molar-refractivity contribution is 0.796. The molecule has 2 aliphatic carbocycles. The fourth-order valence-electron chi connectivity index (χ4n) is 12.8. The summed E-state index contributed by atoms with van der Waals surface area (Å²) in [5.41, 5.74) is 28.6. The molecule has 1 spiro atoms. The van der Waals surface area contributed by atoms with E-state index in [1.807, 2.05) is 0 Å². The van der Waals surface area contributed by atoms with E-state index in [1.165, 1.54) is 94.6 Å². The van der Waals surface area contributed by atoms with E-state index < -0.39 is 5.41 Å². The molecule has 0 bridgehead atoms. The summed E-state index contributed by atoms with van der Waals surface area (Å²) >= 11 is 0. The van der Waals surface area contributed by atoms with Crippen LogP contribution < -0.4 is 9.80 Å². The van der Waals surface area contributed by atoms with Crippen molar-refractivity contribution in [2.75, 3.05) is 9.80 Å². The second-order valence-electron chi connectivity index (χ2n) is 19.9. The fraction of sp³-hybridized carbons (Fsp3) is 0.0137. The number of hydrogen-bond acceptors (Lipinski definition) is 2. The summed E-state index contributed by atoms with van der Waals surface area (Å²) < 4.78 is 0. The summed E-state index contributed by atoms with van der Waals surface area (Å²) in [6, 6.07) is 108.